The fourth-order valence-electron chi connectivity index (χ4n) is 1.55. The van der Waals surface area contributed by atoms with Gasteiger partial charge < -0.3 is 10.4 Å². The summed E-state index contributed by atoms with van der Waals surface area (Å²) in [5.41, 5.74) is 0.536. The monoisotopic (exact) mass is 293 g/mol. The van der Waals surface area contributed by atoms with Gasteiger partial charge in [0.05, 0.1) is 0 Å². The number of nitrogens with one attached hydrogen (secondary N) is 1. The zero-order valence-corrected chi connectivity index (χ0v) is 11.3. The van der Waals surface area contributed by atoms with Crippen LogP contribution in [0.2, 0.25) is 0 Å². The van der Waals surface area contributed by atoms with Gasteiger partial charge in [-0.15, -0.1) is 0 Å². The van der Waals surface area contributed by atoms with Crippen LogP contribution in [-0.2, 0) is 11.3 Å². The minimum absolute atomic E-state index is 0.132. The predicted octanol–water partition coefficient (Wildman–Crippen LogP) is 0.950. The molecule has 20 heavy (non-hydrogen) atoms. The van der Waals surface area contributed by atoms with Gasteiger partial charge in [-0.05, 0) is 19.1 Å². The zero-order chi connectivity index (χ0) is 14.7. The number of aryl methyl sites for hydroxylation is 1. The summed E-state index contributed by atoms with van der Waals surface area (Å²) in [6.07, 6.45) is 0. The van der Waals surface area contributed by atoms with Gasteiger partial charge in [-0.1, -0.05) is 17.4 Å². The Morgan fingerprint density at radius 2 is 2.20 bits per heavy atom. The molecule has 2 aromatic rings. The van der Waals surface area contributed by atoms with Crippen molar-refractivity contribution in [3.63, 3.8) is 0 Å². The third-order valence-electron chi connectivity index (χ3n) is 2.51. The second kappa shape index (κ2) is 5.66. The van der Waals surface area contributed by atoms with Gasteiger partial charge in [0.15, 0.2) is 5.69 Å². The highest BCUT2D eigenvalue weighted by molar-refractivity contribution is 7.07. The lowest BCUT2D eigenvalue weighted by molar-refractivity contribution is -0.116. The van der Waals surface area contributed by atoms with Crippen molar-refractivity contribution in [3.8, 4) is 0 Å². The number of nitrogens with zero attached hydrogens (tertiary/aromatic N) is 2. The quantitative estimate of drug-likeness (QED) is 0.874. The predicted molar refractivity (Wildman–Crippen MR) is 73.1 cm³/mol. The molecule has 0 unspecified atom stereocenters. The van der Waals surface area contributed by atoms with E-state index in [2.05, 4.69) is 10.3 Å². The lowest BCUT2D eigenvalue weighted by Gasteiger charge is -2.06. The molecule has 104 valence electrons. The molecule has 0 saturated carbocycles. The topological polar surface area (TPSA) is 101 Å². The number of aromatic nitrogens is 2. The van der Waals surface area contributed by atoms with Crippen LogP contribution in [0.3, 0.4) is 0 Å². The fraction of sp³-hybridized carbons (Fsp3) is 0.167. The van der Waals surface area contributed by atoms with E-state index >= 15 is 0 Å². The first-order chi connectivity index (χ1) is 9.47. The maximum absolute atomic E-state index is 11.8. The number of carboxylic acids is 1. The normalized spacial score (nSPS) is 10.2. The Hall–Kier alpha value is -2.48. The van der Waals surface area contributed by atoms with Crippen molar-refractivity contribution >= 4 is 29.0 Å². The van der Waals surface area contributed by atoms with Crippen molar-refractivity contribution in [2.24, 2.45) is 0 Å². The Balaban J connectivity index is 2.11. The first-order valence-corrected chi connectivity index (χ1v) is 6.50. The second-order valence-corrected chi connectivity index (χ2v) is 4.81. The number of hydrogen-bond acceptors (Lipinski definition) is 5. The van der Waals surface area contributed by atoms with E-state index in [-0.39, 0.29) is 22.9 Å². The van der Waals surface area contributed by atoms with Crippen LogP contribution in [0.15, 0.2) is 28.4 Å². The summed E-state index contributed by atoms with van der Waals surface area (Å²) < 4.78 is 1.33. The van der Waals surface area contributed by atoms with Crippen molar-refractivity contribution in [1.82, 2.24) is 9.55 Å². The summed E-state index contributed by atoms with van der Waals surface area (Å²) in [5.74, 6) is -1.48. The van der Waals surface area contributed by atoms with Gasteiger partial charge in [0, 0.05) is 11.1 Å². The van der Waals surface area contributed by atoms with Crippen molar-refractivity contribution in [2.75, 3.05) is 5.32 Å². The van der Waals surface area contributed by atoms with E-state index in [1.165, 1.54) is 22.8 Å². The lowest BCUT2D eigenvalue weighted by atomic mass is 10.3. The molecule has 7 nitrogen and oxygen atoms in total. The Kier molecular flexibility index (Phi) is 3.94. The highest BCUT2D eigenvalue weighted by Gasteiger charge is 2.10. The summed E-state index contributed by atoms with van der Waals surface area (Å²) in [4.78, 5) is 37.6. The Morgan fingerprint density at radius 3 is 2.80 bits per heavy atom. The summed E-state index contributed by atoms with van der Waals surface area (Å²) in [6.45, 7) is 1.60. The van der Waals surface area contributed by atoms with Crippen molar-refractivity contribution < 1.29 is 14.7 Å². The van der Waals surface area contributed by atoms with E-state index in [9.17, 15) is 14.4 Å². The van der Waals surface area contributed by atoms with Crippen LogP contribution in [0.4, 0.5) is 5.82 Å². The van der Waals surface area contributed by atoms with Crippen LogP contribution >= 0.6 is 11.3 Å². The minimum atomic E-state index is -1.18. The molecule has 8 heteroatoms. The van der Waals surface area contributed by atoms with Gasteiger partial charge >= 0.3 is 10.8 Å². The highest BCUT2D eigenvalue weighted by Crippen LogP contribution is 2.06. The molecule has 0 aromatic carbocycles. The number of rotatable bonds is 4. The average Bonchev–Trinajstić information content (AvgIpc) is 2.71. The smallest absolute Gasteiger partial charge is 0.354 e. The number of carboxylic acid groups (broad SMARTS) is 1. The Morgan fingerprint density at radius 1 is 1.45 bits per heavy atom. The standard InChI is InChI=1S/C12H11N3O4S/c1-7-6-20-12(19)15(7)5-10(16)14-9-4-2-3-8(13-9)11(17)18/h2-4,6H,5H2,1H3,(H,17,18)(H,13,14,16). The average molecular weight is 293 g/mol. The number of hydrogen-bond donors (Lipinski definition) is 2. The molecule has 2 N–H and O–H groups in total. The molecule has 0 fully saturated rings. The van der Waals surface area contributed by atoms with E-state index in [0.29, 0.717) is 5.69 Å². The number of thiazole rings is 1. The SMILES string of the molecule is Cc1csc(=O)n1CC(=O)Nc1cccc(C(=O)O)n1. The number of carbonyl (C=O) groups excluding carboxylic acids is 1. The minimum Gasteiger partial charge on any atom is -0.477 e. The van der Waals surface area contributed by atoms with Crippen molar-refractivity contribution in [3.05, 3.63) is 44.6 Å². The van der Waals surface area contributed by atoms with Crippen LogP contribution in [0, 0.1) is 6.92 Å². The molecule has 0 aliphatic rings. The Labute approximate surface area is 117 Å². The molecular weight excluding hydrogens is 282 g/mol. The molecule has 0 aliphatic carbocycles. The van der Waals surface area contributed by atoms with Gasteiger partial charge in [-0.25, -0.2) is 9.78 Å². The van der Waals surface area contributed by atoms with Gasteiger partial charge in [-0.3, -0.25) is 14.2 Å². The molecule has 0 atom stereocenters. The molecule has 2 rings (SSSR count). The molecule has 0 radical (unpaired) electrons. The van der Waals surface area contributed by atoms with E-state index in [0.717, 1.165) is 11.3 Å². The van der Waals surface area contributed by atoms with E-state index in [1.54, 1.807) is 12.3 Å². The summed E-state index contributed by atoms with van der Waals surface area (Å²) in [6, 6.07) is 4.28. The first kappa shape index (κ1) is 13.9. The van der Waals surface area contributed by atoms with Crippen LogP contribution in [0.1, 0.15) is 16.2 Å². The maximum atomic E-state index is 11.8. The molecule has 0 spiro atoms. The number of pyridine rings is 1. The number of carbonyl (C=O) groups is 2. The van der Waals surface area contributed by atoms with Gasteiger partial charge in [0.2, 0.25) is 5.91 Å². The number of anilines is 1. The second-order valence-electron chi connectivity index (χ2n) is 3.99. The van der Waals surface area contributed by atoms with Crippen molar-refractivity contribution in [2.45, 2.75) is 13.5 Å². The van der Waals surface area contributed by atoms with Crippen LogP contribution in [-0.4, -0.2) is 26.5 Å². The van der Waals surface area contributed by atoms with E-state index < -0.39 is 11.9 Å². The van der Waals surface area contributed by atoms with Gasteiger partial charge in [0.1, 0.15) is 12.4 Å². The van der Waals surface area contributed by atoms with Crippen LogP contribution in [0.5, 0.6) is 0 Å². The first-order valence-electron chi connectivity index (χ1n) is 5.62. The summed E-state index contributed by atoms with van der Waals surface area (Å²) in [5, 5.41) is 12.9. The Bertz CT molecular complexity index is 719. The zero-order valence-electron chi connectivity index (χ0n) is 10.5. The van der Waals surface area contributed by atoms with Gasteiger partial charge in [0.25, 0.3) is 0 Å². The molecule has 2 aromatic heterocycles. The largest absolute Gasteiger partial charge is 0.477 e. The van der Waals surface area contributed by atoms with E-state index in [4.69, 9.17) is 5.11 Å². The molecule has 0 bridgehead atoms. The van der Waals surface area contributed by atoms with Crippen molar-refractivity contribution in [1.29, 1.82) is 0 Å². The molecule has 2 heterocycles. The molecule has 1 amide bonds. The highest BCUT2D eigenvalue weighted by atomic mass is 32.1. The molecular formula is C12H11N3O4S. The lowest BCUT2D eigenvalue weighted by Crippen LogP contribution is -2.25. The fourth-order valence-corrected chi connectivity index (χ4v) is 2.28. The summed E-state index contributed by atoms with van der Waals surface area (Å²) >= 11 is 1.02. The van der Waals surface area contributed by atoms with Crippen LogP contribution in [0.25, 0.3) is 0 Å². The maximum Gasteiger partial charge on any atom is 0.354 e. The molecule has 0 saturated heterocycles. The third kappa shape index (κ3) is 3.09. The summed E-state index contributed by atoms with van der Waals surface area (Å²) in [7, 11) is 0. The van der Waals surface area contributed by atoms with E-state index in [1.807, 2.05) is 0 Å². The molecule has 0 aliphatic heterocycles. The number of amides is 1. The van der Waals surface area contributed by atoms with Gasteiger partial charge in [-0.2, -0.15) is 0 Å². The number of aromatic carboxylic acids is 1. The van der Waals surface area contributed by atoms with Crippen LogP contribution < -0.4 is 10.2 Å². The third-order valence-corrected chi connectivity index (χ3v) is 3.39.